The van der Waals surface area contributed by atoms with Gasteiger partial charge in [0.2, 0.25) is 5.91 Å². The summed E-state index contributed by atoms with van der Waals surface area (Å²) in [4.78, 5) is 37.8. The highest BCUT2D eigenvalue weighted by Crippen LogP contribution is 2.16. The maximum atomic E-state index is 12.1. The number of piperidine rings is 1. The smallest absolute Gasteiger partial charge is 0.271 e. The summed E-state index contributed by atoms with van der Waals surface area (Å²) in [5.41, 5.74) is 5.12. The summed E-state index contributed by atoms with van der Waals surface area (Å²) in [6, 6.07) is 6.64. The topological polar surface area (TPSA) is 90.5 Å². The summed E-state index contributed by atoms with van der Waals surface area (Å²) < 4.78 is 0. The van der Waals surface area contributed by atoms with Crippen LogP contribution >= 0.6 is 11.6 Å². The van der Waals surface area contributed by atoms with Crippen LogP contribution in [0.5, 0.6) is 0 Å². The number of hydrogen-bond donors (Lipinski definition) is 3. The molecule has 3 amide bonds. The number of hydrazine groups is 1. The van der Waals surface area contributed by atoms with Crippen molar-refractivity contribution in [3.8, 4) is 0 Å². The van der Waals surface area contributed by atoms with Gasteiger partial charge in [0.25, 0.3) is 11.8 Å². The predicted octanol–water partition coefficient (Wildman–Crippen LogP) is 1.73. The zero-order valence-corrected chi connectivity index (χ0v) is 16.3. The molecule has 1 aromatic carbocycles. The van der Waals surface area contributed by atoms with E-state index in [0.717, 1.165) is 32.4 Å². The number of nitrogens with one attached hydrogen (secondary N) is 3. The van der Waals surface area contributed by atoms with E-state index in [4.69, 9.17) is 11.6 Å². The van der Waals surface area contributed by atoms with E-state index in [1.807, 2.05) is 11.8 Å². The molecule has 1 aliphatic rings. The van der Waals surface area contributed by atoms with Crippen molar-refractivity contribution in [3.05, 3.63) is 34.9 Å². The van der Waals surface area contributed by atoms with Crippen molar-refractivity contribution < 1.29 is 14.4 Å². The average molecular weight is 395 g/mol. The Morgan fingerprint density at radius 3 is 2.70 bits per heavy atom. The summed E-state index contributed by atoms with van der Waals surface area (Å²) in [6.07, 6.45) is 3.40. The number of nitrogens with zero attached hydrogens (tertiary/aromatic N) is 1. The van der Waals surface area contributed by atoms with Crippen molar-refractivity contribution in [2.45, 2.75) is 32.6 Å². The van der Waals surface area contributed by atoms with E-state index in [2.05, 4.69) is 16.2 Å². The van der Waals surface area contributed by atoms with Crippen molar-refractivity contribution in [3.63, 3.8) is 0 Å². The maximum Gasteiger partial charge on any atom is 0.271 e. The number of halogens is 1. The summed E-state index contributed by atoms with van der Waals surface area (Å²) in [5, 5.41) is 3.28. The fraction of sp³-hybridized carbons (Fsp3) is 0.526. The zero-order chi connectivity index (χ0) is 19.6. The molecule has 8 heteroatoms. The third kappa shape index (κ3) is 7.19. The lowest BCUT2D eigenvalue weighted by Gasteiger charge is -2.32. The number of likely N-dealkylation sites (tertiary alicyclic amines) is 1. The first-order valence-corrected chi connectivity index (χ1v) is 9.70. The van der Waals surface area contributed by atoms with Gasteiger partial charge >= 0.3 is 0 Å². The highest BCUT2D eigenvalue weighted by Gasteiger charge is 2.22. The lowest BCUT2D eigenvalue weighted by atomic mass is 9.98. The van der Waals surface area contributed by atoms with Gasteiger partial charge in [-0.25, -0.2) is 0 Å². The normalized spacial score (nSPS) is 17.2. The van der Waals surface area contributed by atoms with Gasteiger partial charge < -0.3 is 5.32 Å². The third-order valence-corrected chi connectivity index (χ3v) is 4.80. The van der Waals surface area contributed by atoms with Crippen molar-refractivity contribution in [1.82, 2.24) is 21.1 Å². The van der Waals surface area contributed by atoms with E-state index >= 15 is 0 Å². The van der Waals surface area contributed by atoms with Crippen LogP contribution in [0.1, 0.15) is 43.0 Å². The molecule has 1 aliphatic heterocycles. The molecule has 3 N–H and O–H groups in total. The molecule has 0 bridgehead atoms. The Morgan fingerprint density at radius 1 is 1.19 bits per heavy atom. The molecule has 0 spiro atoms. The second-order valence-electron chi connectivity index (χ2n) is 6.78. The highest BCUT2D eigenvalue weighted by molar-refractivity contribution is 6.33. The van der Waals surface area contributed by atoms with E-state index in [9.17, 15) is 14.4 Å². The first-order valence-electron chi connectivity index (χ1n) is 9.32. The van der Waals surface area contributed by atoms with Crippen LogP contribution in [-0.2, 0) is 9.59 Å². The molecule has 27 heavy (non-hydrogen) atoms. The van der Waals surface area contributed by atoms with E-state index < -0.39 is 5.91 Å². The predicted molar refractivity (Wildman–Crippen MR) is 104 cm³/mol. The molecular weight excluding hydrogens is 368 g/mol. The maximum absolute atomic E-state index is 12.1. The van der Waals surface area contributed by atoms with E-state index in [0.29, 0.717) is 29.5 Å². The van der Waals surface area contributed by atoms with E-state index in [-0.39, 0.29) is 18.4 Å². The van der Waals surface area contributed by atoms with E-state index in [1.165, 1.54) is 0 Å². The molecule has 1 unspecified atom stereocenters. The molecule has 7 nitrogen and oxygen atoms in total. The highest BCUT2D eigenvalue weighted by atomic mass is 35.5. The van der Waals surface area contributed by atoms with E-state index in [1.54, 1.807) is 24.3 Å². The Morgan fingerprint density at radius 2 is 1.96 bits per heavy atom. The SMILES string of the molecule is CCCC(=O)NCC1CCCN(CC(=O)NNC(=O)c2ccccc2Cl)C1. The van der Waals surface area contributed by atoms with Crippen molar-refractivity contribution >= 4 is 29.3 Å². The molecule has 0 aliphatic carbocycles. The van der Waals surface area contributed by atoms with Gasteiger partial charge in [0.15, 0.2) is 0 Å². The van der Waals surface area contributed by atoms with Crippen LogP contribution in [0.2, 0.25) is 5.02 Å². The Bertz CT molecular complexity index is 668. The molecule has 0 radical (unpaired) electrons. The number of carbonyl (C=O) groups is 3. The quantitative estimate of drug-likeness (QED) is 0.614. The van der Waals surface area contributed by atoms with Gasteiger partial charge in [-0.1, -0.05) is 30.7 Å². The Labute approximate surface area is 164 Å². The van der Waals surface area contributed by atoms with Gasteiger partial charge in [0, 0.05) is 19.5 Å². The first-order chi connectivity index (χ1) is 13.0. The second-order valence-corrected chi connectivity index (χ2v) is 7.19. The first kappa shape index (κ1) is 21.2. The number of amides is 3. The van der Waals surface area contributed by atoms with Crippen LogP contribution in [0, 0.1) is 5.92 Å². The average Bonchev–Trinajstić information content (AvgIpc) is 2.65. The third-order valence-electron chi connectivity index (χ3n) is 4.47. The van der Waals surface area contributed by atoms with Crippen molar-refractivity contribution in [2.24, 2.45) is 5.92 Å². The molecule has 1 fully saturated rings. The molecule has 1 aromatic rings. The van der Waals surface area contributed by atoms with Crippen LogP contribution in [0.4, 0.5) is 0 Å². The standard InChI is InChI=1S/C19H27ClN4O3/c1-2-6-17(25)21-11-14-7-5-10-24(12-14)13-18(26)22-23-19(27)15-8-3-4-9-16(15)20/h3-4,8-9,14H,2,5-7,10-13H2,1H3,(H,21,25)(H,22,26)(H,23,27). The minimum absolute atomic E-state index is 0.0784. The molecule has 1 saturated heterocycles. The molecule has 1 atom stereocenters. The van der Waals surface area contributed by atoms with Crippen LogP contribution < -0.4 is 16.2 Å². The van der Waals surface area contributed by atoms with Crippen molar-refractivity contribution in [1.29, 1.82) is 0 Å². The molecule has 2 rings (SSSR count). The fourth-order valence-corrected chi connectivity index (χ4v) is 3.34. The summed E-state index contributed by atoms with van der Waals surface area (Å²) in [6.45, 7) is 4.39. The van der Waals surface area contributed by atoms with Crippen LogP contribution in [0.15, 0.2) is 24.3 Å². The van der Waals surface area contributed by atoms with Gasteiger partial charge in [-0.05, 0) is 43.9 Å². The Kier molecular flexibility index (Phi) is 8.54. The second kappa shape index (κ2) is 10.9. The van der Waals surface area contributed by atoms with Gasteiger partial charge in [0.1, 0.15) is 0 Å². The number of benzene rings is 1. The molecule has 148 valence electrons. The van der Waals surface area contributed by atoms with Gasteiger partial charge in [0.05, 0.1) is 17.1 Å². The Balaban J connectivity index is 1.72. The number of rotatable bonds is 7. The summed E-state index contributed by atoms with van der Waals surface area (Å²) in [7, 11) is 0. The fourth-order valence-electron chi connectivity index (χ4n) is 3.12. The minimum atomic E-state index is -0.455. The van der Waals surface area contributed by atoms with Gasteiger partial charge in [-0.2, -0.15) is 0 Å². The van der Waals surface area contributed by atoms with Crippen LogP contribution in [0.25, 0.3) is 0 Å². The molecule has 0 saturated carbocycles. The van der Waals surface area contributed by atoms with Crippen molar-refractivity contribution in [2.75, 3.05) is 26.2 Å². The molecule has 0 aromatic heterocycles. The van der Waals surface area contributed by atoms with Crippen LogP contribution in [0.3, 0.4) is 0 Å². The largest absolute Gasteiger partial charge is 0.356 e. The lowest BCUT2D eigenvalue weighted by molar-refractivity contribution is -0.124. The number of hydrogen-bond acceptors (Lipinski definition) is 4. The molecule has 1 heterocycles. The molecular formula is C19H27ClN4O3. The lowest BCUT2D eigenvalue weighted by Crippen LogP contribution is -2.49. The zero-order valence-electron chi connectivity index (χ0n) is 15.6. The van der Waals surface area contributed by atoms with Gasteiger partial charge in [-0.3, -0.25) is 30.1 Å². The summed E-state index contributed by atoms with van der Waals surface area (Å²) >= 11 is 5.97. The Hall–Kier alpha value is -2.12. The summed E-state index contributed by atoms with van der Waals surface area (Å²) in [5.74, 6) is -0.324. The monoisotopic (exact) mass is 394 g/mol. The van der Waals surface area contributed by atoms with Crippen LogP contribution in [-0.4, -0.2) is 48.8 Å². The minimum Gasteiger partial charge on any atom is -0.356 e. The van der Waals surface area contributed by atoms with Gasteiger partial charge in [-0.15, -0.1) is 0 Å². The number of carbonyl (C=O) groups excluding carboxylic acids is 3.